The number of aromatic nitrogens is 1. The molecule has 0 aliphatic rings. The van der Waals surface area contributed by atoms with Crippen LogP contribution >= 0.6 is 0 Å². The van der Waals surface area contributed by atoms with Crippen molar-refractivity contribution >= 4 is 0 Å². The van der Waals surface area contributed by atoms with E-state index in [4.69, 9.17) is 0 Å². The van der Waals surface area contributed by atoms with Crippen molar-refractivity contribution in [2.24, 2.45) is 0 Å². The maximum absolute atomic E-state index is 11.8. The van der Waals surface area contributed by atoms with Crippen molar-refractivity contribution in [2.75, 3.05) is 6.54 Å². The minimum atomic E-state index is -4.05. The molecule has 0 aliphatic carbocycles. The van der Waals surface area contributed by atoms with Gasteiger partial charge in [0.1, 0.15) is 0 Å². The summed E-state index contributed by atoms with van der Waals surface area (Å²) in [5, 5.41) is 2.98. The zero-order valence-electron chi connectivity index (χ0n) is 9.14. The van der Waals surface area contributed by atoms with Gasteiger partial charge in [0.2, 0.25) is 0 Å². The van der Waals surface area contributed by atoms with Crippen molar-refractivity contribution in [3.8, 4) is 0 Å². The molecular weight excluding hydrogens is 217 g/mol. The Kier molecular flexibility index (Phi) is 4.73. The molecule has 0 bridgehead atoms. The Labute approximate surface area is 92.9 Å². The predicted octanol–water partition coefficient (Wildman–Crippen LogP) is 2.82. The van der Waals surface area contributed by atoms with E-state index in [-0.39, 0.29) is 6.42 Å². The van der Waals surface area contributed by atoms with Gasteiger partial charge in [-0.25, -0.2) is 0 Å². The fraction of sp³-hybridized carbons (Fsp3) is 0.545. The van der Waals surface area contributed by atoms with E-state index in [1.165, 1.54) is 0 Å². The summed E-state index contributed by atoms with van der Waals surface area (Å²) in [6.45, 7) is 2.89. The average molecular weight is 232 g/mol. The molecule has 0 fully saturated rings. The van der Waals surface area contributed by atoms with Crippen molar-refractivity contribution in [3.63, 3.8) is 0 Å². The Bertz CT molecular complexity index is 323. The van der Waals surface area contributed by atoms with Crippen LogP contribution in [-0.4, -0.2) is 17.7 Å². The van der Waals surface area contributed by atoms with Gasteiger partial charge in [0.25, 0.3) is 0 Å². The summed E-state index contributed by atoms with van der Waals surface area (Å²) >= 11 is 0. The normalized spacial score (nSPS) is 11.8. The van der Waals surface area contributed by atoms with Crippen LogP contribution in [0.3, 0.4) is 0 Å². The van der Waals surface area contributed by atoms with Crippen LogP contribution in [0.4, 0.5) is 13.2 Å². The molecule has 1 aromatic heterocycles. The van der Waals surface area contributed by atoms with E-state index < -0.39 is 12.6 Å². The lowest BCUT2D eigenvalue weighted by atomic mass is 10.1. The van der Waals surface area contributed by atoms with Gasteiger partial charge in [-0.05, 0) is 37.1 Å². The second kappa shape index (κ2) is 5.84. The average Bonchev–Trinajstić information content (AvgIpc) is 2.18. The first-order chi connectivity index (χ1) is 7.49. The van der Waals surface area contributed by atoms with Crippen LogP contribution < -0.4 is 5.32 Å². The van der Waals surface area contributed by atoms with Gasteiger partial charge in [-0.15, -0.1) is 0 Å². The van der Waals surface area contributed by atoms with Crippen LogP contribution in [0.25, 0.3) is 0 Å². The number of halogens is 3. The van der Waals surface area contributed by atoms with Crippen LogP contribution in [0.1, 0.15) is 24.0 Å². The molecule has 0 aromatic carbocycles. The minimum absolute atomic E-state index is 0.114. The number of nitrogens with zero attached hydrogens (tertiary/aromatic N) is 1. The third-order valence-electron chi connectivity index (χ3n) is 2.28. The second-order valence-electron chi connectivity index (χ2n) is 3.70. The molecule has 90 valence electrons. The summed E-state index contributed by atoms with van der Waals surface area (Å²) in [4.78, 5) is 3.96. The molecule has 0 radical (unpaired) electrons. The molecule has 1 heterocycles. The van der Waals surface area contributed by atoms with E-state index in [0.29, 0.717) is 13.1 Å². The molecule has 0 atom stereocenters. The van der Waals surface area contributed by atoms with Gasteiger partial charge in [0, 0.05) is 25.4 Å². The van der Waals surface area contributed by atoms with Crippen LogP contribution in [0.2, 0.25) is 0 Å². The molecule has 1 N–H and O–H groups in total. The number of nitrogens with one attached hydrogen (secondary N) is 1. The number of hydrogen-bond acceptors (Lipinski definition) is 2. The van der Waals surface area contributed by atoms with Gasteiger partial charge in [-0.3, -0.25) is 4.98 Å². The van der Waals surface area contributed by atoms with Crippen LogP contribution in [0.5, 0.6) is 0 Å². The van der Waals surface area contributed by atoms with E-state index >= 15 is 0 Å². The standard InChI is InChI=1S/C11H15F3N2/c1-9-3-6-16-8-10(9)7-15-5-2-4-11(12,13)14/h3,6,8,15H,2,4-5,7H2,1H3. The summed E-state index contributed by atoms with van der Waals surface area (Å²) in [6, 6.07) is 1.88. The predicted molar refractivity (Wildman–Crippen MR) is 56.0 cm³/mol. The quantitative estimate of drug-likeness (QED) is 0.789. The largest absolute Gasteiger partial charge is 0.389 e. The molecule has 16 heavy (non-hydrogen) atoms. The summed E-state index contributed by atoms with van der Waals surface area (Å²) in [5.41, 5.74) is 2.12. The van der Waals surface area contributed by atoms with Gasteiger partial charge in [-0.2, -0.15) is 13.2 Å². The van der Waals surface area contributed by atoms with Crippen molar-refractivity contribution in [1.82, 2.24) is 10.3 Å². The Morgan fingerprint density at radius 2 is 2.12 bits per heavy atom. The Hall–Kier alpha value is -1.10. The fourth-order valence-electron chi connectivity index (χ4n) is 1.32. The lowest BCUT2D eigenvalue weighted by Crippen LogP contribution is -2.18. The molecule has 5 heteroatoms. The summed E-state index contributed by atoms with van der Waals surface area (Å²) < 4.78 is 35.5. The van der Waals surface area contributed by atoms with Gasteiger partial charge < -0.3 is 5.32 Å². The molecule has 0 saturated carbocycles. The van der Waals surface area contributed by atoms with Crippen LogP contribution in [-0.2, 0) is 6.54 Å². The first kappa shape index (κ1) is 13.0. The Balaban J connectivity index is 2.19. The van der Waals surface area contributed by atoms with Crippen molar-refractivity contribution in [1.29, 1.82) is 0 Å². The maximum atomic E-state index is 11.8. The highest BCUT2D eigenvalue weighted by molar-refractivity contribution is 5.20. The lowest BCUT2D eigenvalue weighted by molar-refractivity contribution is -0.135. The summed E-state index contributed by atoms with van der Waals surface area (Å²) in [6.07, 6.45) is -1.24. The first-order valence-corrected chi connectivity index (χ1v) is 5.16. The highest BCUT2D eigenvalue weighted by Crippen LogP contribution is 2.20. The molecule has 0 unspecified atom stereocenters. The summed E-state index contributed by atoms with van der Waals surface area (Å²) in [7, 11) is 0. The number of rotatable bonds is 5. The molecule has 0 saturated heterocycles. The number of alkyl halides is 3. The maximum Gasteiger partial charge on any atom is 0.389 e. The van der Waals surface area contributed by atoms with E-state index in [1.54, 1.807) is 12.4 Å². The van der Waals surface area contributed by atoms with Crippen molar-refractivity contribution in [3.05, 3.63) is 29.6 Å². The molecule has 1 rings (SSSR count). The van der Waals surface area contributed by atoms with E-state index in [0.717, 1.165) is 11.1 Å². The van der Waals surface area contributed by atoms with Gasteiger partial charge >= 0.3 is 6.18 Å². The number of aryl methyl sites for hydroxylation is 1. The smallest absolute Gasteiger partial charge is 0.313 e. The molecule has 2 nitrogen and oxygen atoms in total. The molecule has 0 amide bonds. The van der Waals surface area contributed by atoms with Gasteiger partial charge in [0.15, 0.2) is 0 Å². The zero-order chi connectivity index (χ0) is 12.0. The van der Waals surface area contributed by atoms with Gasteiger partial charge in [0.05, 0.1) is 0 Å². The Morgan fingerprint density at radius 1 is 1.38 bits per heavy atom. The third kappa shape index (κ3) is 5.11. The first-order valence-electron chi connectivity index (χ1n) is 5.16. The zero-order valence-corrected chi connectivity index (χ0v) is 9.14. The molecule has 1 aromatic rings. The SMILES string of the molecule is Cc1ccncc1CNCCCC(F)(F)F. The Morgan fingerprint density at radius 3 is 2.75 bits per heavy atom. The minimum Gasteiger partial charge on any atom is -0.313 e. The highest BCUT2D eigenvalue weighted by Gasteiger charge is 2.25. The fourth-order valence-corrected chi connectivity index (χ4v) is 1.32. The van der Waals surface area contributed by atoms with Crippen molar-refractivity contribution < 1.29 is 13.2 Å². The number of pyridine rings is 1. The third-order valence-corrected chi connectivity index (χ3v) is 2.28. The van der Waals surface area contributed by atoms with E-state index in [2.05, 4.69) is 10.3 Å². The van der Waals surface area contributed by atoms with Gasteiger partial charge in [-0.1, -0.05) is 0 Å². The monoisotopic (exact) mass is 232 g/mol. The lowest BCUT2D eigenvalue weighted by Gasteiger charge is -2.08. The van der Waals surface area contributed by atoms with E-state index in [9.17, 15) is 13.2 Å². The summed E-state index contributed by atoms with van der Waals surface area (Å²) in [5.74, 6) is 0. The van der Waals surface area contributed by atoms with Crippen molar-refractivity contribution in [2.45, 2.75) is 32.5 Å². The molecule has 0 aliphatic heterocycles. The molecular formula is C11H15F3N2. The van der Waals surface area contributed by atoms with E-state index in [1.807, 2.05) is 13.0 Å². The van der Waals surface area contributed by atoms with Crippen LogP contribution in [0, 0.1) is 6.92 Å². The highest BCUT2D eigenvalue weighted by atomic mass is 19.4. The van der Waals surface area contributed by atoms with Crippen LogP contribution in [0.15, 0.2) is 18.5 Å². The topological polar surface area (TPSA) is 24.9 Å². The number of hydrogen-bond donors (Lipinski definition) is 1. The molecule has 0 spiro atoms. The second-order valence-corrected chi connectivity index (χ2v) is 3.70.